The van der Waals surface area contributed by atoms with Gasteiger partial charge in [-0.25, -0.2) is 4.79 Å². The summed E-state index contributed by atoms with van der Waals surface area (Å²) in [5.41, 5.74) is 2.81. The van der Waals surface area contributed by atoms with Crippen LogP contribution in [0, 0.1) is 22.7 Å². The van der Waals surface area contributed by atoms with Crippen molar-refractivity contribution >= 4 is 17.5 Å². The van der Waals surface area contributed by atoms with Gasteiger partial charge in [-0.1, -0.05) is 31.6 Å². The van der Waals surface area contributed by atoms with Crippen molar-refractivity contribution in [1.29, 1.82) is 10.5 Å². The van der Waals surface area contributed by atoms with Gasteiger partial charge in [0.1, 0.15) is 12.6 Å². The van der Waals surface area contributed by atoms with E-state index in [2.05, 4.69) is 16.7 Å². The second-order valence-electron chi connectivity index (χ2n) is 6.28. The summed E-state index contributed by atoms with van der Waals surface area (Å²) < 4.78 is 0. The Morgan fingerprint density at radius 2 is 2.00 bits per heavy atom. The first-order valence-electron chi connectivity index (χ1n) is 8.98. The summed E-state index contributed by atoms with van der Waals surface area (Å²) >= 11 is 0. The van der Waals surface area contributed by atoms with Crippen LogP contribution in [-0.4, -0.2) is 42.5 Å². The average molecular weight is 365 g/mol. The summed E-state index contributed by atoms with van der Waals surface area (Å²) in [6, 6.07) is 10.4. The monoisotopic (exact) mass is 365 g/mol. The molecule has 1 atom stereocenters. The Bertz CT molecular complexity index is 786. The minimum atomic E-state index is -0.639. The van der Waals surface area contributed by atoms with Gasteiger partial charge in [-0.15, -0.1) is 0 Å². The van der Waals surface area contributed by atoms with Crippen molar-refractivity contribution in [2.24, 2.45) is 0 Å². The van der Waals surface area contributed by atoms with Crippen LogP contribution in [0.2, 0.25) is 0 Å². The smallest absolute Gasteiger partial charge is 0.318 e. The molecule has 1 aromatic rings. The van der Waals surface area contributed by atoms with Crippen molar-refractivity contribution in [2.75, 3.05) is 19.6 Å². The van der Waals surface area contributed by atoms with Crippen LogP contribution >= 0.6 is 0 Å². The number of rotatable bonds is 6. The minimum Gasteiger partial charge on any atom is -0.341 e. The van der Waals surface area contributed by atoms with Gasteiger partial charge in [-0.3, -0.25) is 4.79 Å². The molecule has 0 spiro atoms. The topological polar surface area (TPSA) is 109 Å². The van der Waals surface area contributed by atoms with E-state index in [1.54, 1.807) is 17.0 Å². The van der Waals surface area contributed by atoms with Gasteiger partial charge < -0.3 is 15.5 Å². The third-order valence-corrected chi connectivity index (χ3v) is 4.41. The second kappa shape index (κ2) is 9.98. The first kappa shape index (κ1) is 20.0. The molecule has 0 bridgehead atoms. The molecule has 2 N–H and O–H groups in total. The van der Waals surface area contributed by atoms with Crippen LogP contribution in [-0.2, 0) is 4.79 Å². The van der Waals surface area contributed by atoms with Crippen molar-refractivity contribution in [2.45, 2.75) is 32.2 Å². The molecule has 1 aliphatic rings. The number of nitrogens with one attached hydrogen (secondary N) is 2. The van der Waals surface area contributed by atoms with Crippen LogP contribution in [0.25, 0.3) is 5.57 Å². The summed E-state index contributed by atoms with van der Waals surface area (Å²) in [6.07, 6.45) is 3.96. The number of urea groups is 1. The number of nitrogens with zero attached hydrogens (tertiary/aromatic N) is 3. The van der Waals surface area contributed by atoms with Crippen LogP contribution in [0.15, 0.2) is 30.3 Å². The van der Waals surface area contributed by atoms with E-state index >= 15 is 0 Å². The van der Waals surface area contributed by atoms with E-state index in [4.69, 9.17) is 10.5 Å². The van der Waals surface area contributed by atoms with E-state index in [1.165, 1.54) is 0 Å². The lowest BCUT2D eigenvalue weighted by Gasteiger charge is -2.28. The minimum absolute atomic E-state index is 0.0741. The largest absolute Gasteiger partial charge is 0.341 e. The zero-order valence-electron chi connectivity index (χ0n) is 15.4. The maximum Gasteiger partial charge on any atom is 0.318 e. The van der Waals surface area contributed by atoms with Gasteiger partial charge in [0, 0.05) is 13.1 Å². The zero-order chi connectivity index (χ0) is 19.6. The Balaban J connectivity index is 1.95. The quantitative estimate of drug-likeness (QED) is 0.753. The maximum absolute atomic E-state index is 12.5. The normalized spacial score (nSPS) is 14.3. The molecule has 1 unspecified atom stereocenters. The number of hydrogen-bond donors (Lipinski definition) is 2. The summed E-state index contributed by atoms with van der Waals surface area (Å²) in [5.74, 6) is -0.336. The summed E-state index contributed by atoms with van der Waals surface area (Å²) in [7, 11) is 0. The number of hydrogen-bond acceptors (Lipinski definition) is 4. The highest BCUT2D eigenvalue weighted by atomic mass is 16.2. The Labute approximate surface area is 159 Å². The molecule has 3 amide bonds. The number of carbonyl (C=O) groups is 2. The van der Waals surface area contributed by atoms with Gasteiger partial charge in [0.15, 0.2) is 0 Å². The van der Waals surface area contributed by atoms with Crippen LogP contribution in [0.5, 0.6) is 0 Å². The predicted molar refractivity (Wildman–Crippen MR) is 101 cm³/mol. The molecule has 1 heterocycles. The molecule has 1 aromatic carbocycles. The molecule has 0 radical (unpaired) electrons. The zero-order valence-corrected chi connectivity index (χ0v) is 15.4. The first-order chi connectivity index (χ1) is 13.1. The Hall–Kier alpha value is -3.32. The lowest BCUT2D eigenvalue weighted by atomic mass is 9.98. The Kier molecular flexibility index (Phi) is 7.39. The predicted octanol–water partition coefficient (Wildman–Crippen LogP) is 2.17. The lowest BCUT2D eigenvalue weighted by Crippen LogP contribution is -2.52. The maximum atomic E-state index is 12.5. The van der Waals surface area contributed by atoms with Crippen molar-refractivity contribution in [3.05, 3.63) is 41.5 Å². The molecule has 7 nitrogen and oxygen atoms in total. The van der Waals surface area contributed by atoms with Crippen molar-refractivity contribution < 1.29 is 9.59 Å². The van der Waals surface area contributed by atoms with Gasteiger partial charge in [0.05, 0.1) is 17.7 Å². The number of nitriles is 2. The van der Waals surface area contributed by atoms with Gasteiger partial charge >= 0.3 is 6.03 Å². The summed E-state index contributed by atoms with van der Waals surface area (Å²) in [4.78, 5) is 26.2. The second-order valence-corrected chi connectivity index (χ2v) is 6.28. The Morgan fingerprint density at radius 3 is 2.56 bits per heavy atom. The van der Waals surface area contributed by atoms with E-state index in [9.17, 15) is 9.59 Å². The van der Waals surface area contributed by atoms with E-state index < -0.39 is 6.04 Å². The molecule has 140 valence electrons. The summed E-state index contributed by atoms with van der Waals surface area (Å²) in [5, 5.41) is 22.7. The van der Waals surface area contributed by atoms with E-state index in [-0.39, 0.29) is 18.5 Å². The molecule has 0 fully saturated rings. The van der Waals surface area contributed by atoms with E-state index in [1.807, 2.05) is 31.2 Å². The fraction of sp³-hybridized carbons (Fsp3) is 0.400. The first-order valence-corrected chi connectivity index (χ1v) is 8.98. The fourth-order valence-corrected chi connectivity index (χ4v) is 2.92. The van der Waals surface area contributed by atoms with Crippen LogP contribution in [0.4, 0.5) is 4.79 Å². The van der Waals surface area contributed by atoms with Crippen molar-refractivity contribution in [3.63, 3.8) is 0 Å². The molecule has 27 heavy (non-hydrogen) atoms. The van der Waals surface area contributed by atoms with Gasteiger partial charge in [0.25, 0.3) is 0 Å². The van der Waals surface area contributed by atoms with E-state index in [0.717, 1.165) is 17.6 Å². The van der Waals surface area contributed by atoms with Crippen LogP contribution in [0.1, 0.15) is 37.3 Å². The van der Waals surface area contributed by atoms with Gasteiger partial charge in [0.2, 0.25) is 5.91 Å². The Morgan fingerprint density at radius 1 is 1.26 bits per heavy atom. The lowest BCUT2D eigenvalue weighted by molar-refractivity contribution is -0.122. The molecule has 0 aromatic heterocycles. The van der Waals surface area contributed by atoms with Crippen LogP contribution < -0.4 is 10.6 Å². The number of benzene rings is 1. The van der Waals surface area contributed by atoms with Crippen LogP contribution in [0.3, 0.4) is 0 Å². The standard InChI is InChI=1S/C20H23N5O2/c1-2-3-18(19(26)23-11-10-21)24-20(27)25-12-8-17(9-13-25)16-6-4-15(14-22)5-7-16/h4-8,18H,2-3,9,11-13H2,1H3,(H,23,26)(H,24,27). The van der Waals surface area contributed by atoms with Gasteiger partial charge in [-0.2, -0.15) is 10.5 Å². The highest BCUT2D eigenvalue weighted by molar-refractivity contribution is 5.87. The molecule has 7 heteroatoms. The fourth-order valence-electron chi connectivity index (χ4n) is 2.92. The third kappa shape index (κ3) is 5.58. The number of carbonyl (C=O) groups excluding carboxylic acids is 2. The molecule has 0 aliphatic carbocycles. The van der Waals surface area contributed by atoms with Gasteiger partial charge in [-0.05, 0) is 36.1 Å². The SMILES string of the molecule is CCCC(NC(=O)N1CC=C(c2ccc(C#N)cc2)CC1)C(=O)NCC#N. The molecular weight excluding hydrogens is 342 g/mol. The number of amides is 3. The third-order valence-electron chi connectivity index (χ3n) is 4.41. The molecule has 2 rings (SSSR count). The molecule has 1 aliphatic heterocycles. The highest BCUT2D eigenvalue weighted by Crippen LogP contribution is 2.22. The van der Waals surface area contributed by atoms with E-state index in [0.29, 0.717) is 31.5 Å². The highest BCUT2D eigenvalue weighted by Gasteiger charge is 2.24. The molecular formula is C20H23N5O2. The average Bonchev–Trinajstić information content (AvgIpc) is 2.71. The van der Waals surface area contributed by atoms with Crippen molar-refractivity contribution in [3.8, 4) is 12.1 Å². The molecule has 0 saturated heterocycles. The van der Waals surface area contributed by atoms with Crippen molar-refractivity contribution in [1.82, 2.24) is 15.5 Å². The summed E-state index contributed by atoms with van der Waals surface area (Å²) in [6.45, 7) is 2.87. The molecule has 0 saturated carbocycles.